The molecule has 3 heteroatoms. The van der Waals surface area contributed by atoms with Gasteiger partial charge in [0, 0.05) is 11.1 Å². The lowest BCUT2D eigenvalue weighted by molar-refractivity contribution is 0.310. The van der Waals surface area contributed by atoms with Gasteiger partial charge in [-0.1, -0.05) is 43.3 Å². The van der Waals surface area contributed by atoms with E-state index in [1.807, 2.05) is 25.1 Å². The Kier molecular flexibility index (Phi) is 4.03. The zero-order valence-electron chi connectivity index (χ0n) is 14.0. The third-order valence-corrected chi connectivity index (χ3v) is 4.92. The number of ether oxygens (including phenoxy) is 1. The van der Waals surface area contributed by atoms with Crippen molar-refractivity contribution in [3.8, 4) is 5.75 Å². The smallest absolute Gasteiger partial charge is 0.129 e. The van der Waals surface area contributed by atoms with Crippen LogP contribution in [0.5, 0.6) is 5.75 Å². The van der Waals surface area contributed by atoms with Crippen LogP contribution < -0.4 is 10.5 Å². The molecule has 0 saturated heterocycles. The Morgan fingerprint density at radius 2 is 1.96 bits per heavy atom. The Morgan fingerprint density at radius 1 is 1.12 bits per heavy atom. The first-order valence-electron chi connectivity index (χ1n) is 8.66. The van der Waals surface area contributed by atoms with E-state index >= 15 is 0 Å². The zero-order valence-corrected chi connectivity index (χ0v) is 14.0. The number of hydrogen-bond donors (Lipinski definition) is 1. The molecule has 0 amide bonds. The van der Waals surface area contributed by atoms with Gasteiger partial charge >= 0.3 is 0 Å². The summed E-state index contributed by atoms with van der Waals surface area (Å²) in [5.41, 5.74) is 11.5. The molecule has 1 unspecified atom stereocenters. The molecule has 3 nitrogen and oxygen atoms in total. The second kappa shape index (κ2) is 6.33. The van der Waals surface area contributed by atoms with Crippen LogP contribution in [0.3, 0.4) is 0 Å². The molecule has 3 aromatic rings. The van der Waals surface area contributed by atoms with E-state index in [9.17, 15) is 0 Å². The summed E-state index contributed by atoms with van der Waals surface area (Å²) in [6.07, 6.45) is 5.38. The Morgan fingerprint density at radius 3 is 2.75 bits per heavy atom. The molecule has 2 aromatic carbocycles. The third kappa shape index (κ3) is 2.49. The molecule has 0 bridgehead atoms. The maximum atomic E-state index is 6.36. The summed E-state index contributed by atoms with van der Waals surface area (Å²) in [5.74, 6) is 0.969. The van der Waals surface area contributed by atoms with Gasteiger partial charge in [0.1, 0.15) is 12.4 Å². The molecule has 0 fully saturated rings. The van der Waals surface area contributed by atoms with Crippen LogP contribution in [0.15, 0.2) is 48.5 Å². The molecule has 1 atom stereocenters. The highest BCUT2D eigenvalue weighted by Crippen LogP contribution is 2.40. The fraction of sp³-hybridized carbons (Fsp3) is 0.286. The molecule has 4 rings (SSSR count). The molecule has 0 saturated carbocycles. The second-order valence-corrected chi connectivity index (χ2v) is 6.40. The Balaban J connectivity index is 1.77. The molecule has 1 aliphatic carbocycles. The largest absolute Gasteiger partial charge is 0.488 e. The topological polar surface area (TPSA) is 40.2 Å². The maximum Gasteiger partial charge on any atom is 0.129 e. The number of rotatable bonds is 5. The van der Waals surface area contributed by atoms with Gasteiger partial charge in [0.05, 0.1) is 11.7 Å². The van der Waals surface area contributed by atoms with E-state index in [0.29, 0.717) is 6.61 Å². The summed E-state index contributed by atoms with van der Waals surface area (Å²) in [5, 5.41) is 1.25. The summed E-state index contributed by atoms with van der Waals surface area (Å²) < 4.78 is 8.48. The van der Waals surface area contributed by atoms with E-state index in [2.05, 4.69) is 41.3 Å². The maximum absolute atomic E-state index is 6.36. The van der Waals surface area contributed by atoms with Gasteiger partial charge in [0.25, 0.3) is 0 Å². The van der Waals surface area contributed by atoms with Crippen LogP contribution in [0.1, 0.15) is 36.3 Å². The van der Waals surface area contributed by atoms with Gasteiger partial charge in [-0.05, 0) is 48.9 Å². The molecule has 0 spiro atoms. The van der Waals surface area contributed by atoms with Gasteiger partial charge < -0.3 is 15.0 Å². The molecule has 24 heavy (non-hydrogen) atoms. The molecule has 1 radical (unpaired) electrons. The lowest BCUT2D eigenvalue weighted by Gasteiger charge is -2.16. The number of fused-ring (bicyclic) bond motifs is 3. The number of benzene rings is 2. The van der Waals surface area contributed by atoms with Gasteiger partial charge in [-0.3, -0.25) is 0 Å². The summed E-state index contributed by atoms with van der Waals surface area (Å²) in [6, 6.07) is 16.6. The van der Waals surface area contributed by atoms with E-state index < -0.39 is 0 Å². The van der Waals surface area contributed by atoms with Crippen molar-refractivity contribution in [3.63, 3.8) is 0 Å². The van der Waals surface area contributed by atoms with Crippen molar-refractivity contribution < 1.29 is 4.74 Å². The predicted octanol–water partition coefficient (Wildman–Crippen LogP) is 4.39. The van der Waals surface area contributed by atoms with Gasteiger partial charge in [0.15, 0.2) is 0 Å². The standard InChI is InChI=1S/C21H23N2O/c1-2-20(22)23-17-11-6-10-16(17)21-18(23)12-7-13-19(21)24-14-15-8-4-3-5-9-15/h2-5,7-9,12-13,20H,6,10-11,14,22H2,1H3. The Labute approximate surface area is 143 Å². The fourth-order valence-corrected chi connectivity index (χ4v) is 3.78. The van der Waals surface area contributed by atoms with Crippen LogP contribution >= 0.6 is 0 Å². The molecule has 123 valence electrons. The van der Waals surface area contributed by atoms with Gasteiger partial charge in [-0.2, -0.15) is 0 Å². The summed E-state index contributed by atoms with van der Waals surface area (Å²) in [7, 11) is 0. The predicted molar refractivity (Wildman–Crippen MR) is 97.9 cm³/mol. The number of aromatic nitrogens is 1. The lowest BCUT2D eigenvalue weighted by atomic mass is 10.1. The first-order valence-corrected chi connectivity index (χ1v) is 8.66. The molecular formula is C21H23N2O. The highest BCUT2D eigenvalue weighted by atomic mass is 16.5. The van der Waals surface area contributed by atoms with Crippen molar-refractivity contribution in [2.24, 2.45) is 5.73 Å². The van der Waals surface area contributed by atoms with E-state index in [1.165, 1.54) is 34.1 Å². The van der Waals surface area contributed by atoms with Crippen LogP contribution in [0.25, 0.3) is 10.9 Å². The van der Waals surface area contributed by atoms with Crippen LogP contribution in [0.4, 0.5) is 0 Å². The zero-order chi connectivity index (χ0) is 16.5. The van der Waals surface area contributed by atoms with Crippen LogP contribution in [0, 0.1) is 6.42 Å². The Hall–Kier alpha value is -2.26. The van der Waals surface area contributed by atoms with Crippen molar-refractivity contribution >= 4 is 10.9 Å². The van der Waals surface area contributed by atoms with Crippen molar-refractivity contribution in [1.29, 1.82) is 0 Å². The highest BCUT2D eigenvalue weighted by molar-refractivity contribution is 5.92. The van der Waals surface area contributed by atoms with Crippen LogP contribution in [-0.4, -0.2) is 4.57 Å². The average Bonchev–Trinajstić information content (AvgIpc) is 3.20. The van der Waals surface area contributed by atoms with Crippen LogP contribution in [0.2, 0.25) is 0 Å². The molecule has 1 heterocycles. The third-order valence-electron chi connectivity index (χ3n) is 4.92. The number of hydrogen-bond acceptors (Lipinski definition) is 2. The first kappa shape index (κ1) is 15.3. The summed E-state index contributed by atoms with van der Waals surface area (Å²) in [4.78, 5) is 0. The van der Waals surface area contributed by atoms with E-state index in [-0.39, 0.29) is 6.17 Å². The summed E-state index contributed by atoms with van der Waals surface area (Å²) in [6.45, 7) is 2.61. The number of nitrogens with two attached hydrogens (primary N) is 1. The molecule has 2 N–H and O–H groups in total. The fourth-order valence-electron chi connectivity index (χ4n) is 3.78. The SMILES string of the molecule is C[CH]C(N)n1c2c(c3c(OCc4ccccc4)cccc31)CCC2. The number of aryl methyl sites for hydroxylation is 1. The van der Waals surface area contributed by atoms with Crippen LogP contribution in [-0.2, 0) is 19.4 Å². The quantitative estimate of drug-likeness (QED) is 0.757. The van der Waals surface area contributed by atoms with Gasteiger partial charge in [-0.25, -0.2) is 0 Å². The second-order valence-electron chi connectivity index (χ2n) is 6.40. The van der Waals surface area contributed by atoms with Crippen molar-refractivity contribution in [2.75, 3.05) is 0 Å². The number of nitrogens with zero attached hydrogens (tertiary/aromatic N) is 1. The van der Waals surface area contributed by atoms with E-state index in [4.69, 9.17) is 10.5 Å². The molecule has 0 aliphatic heterocycles. The minimum atomic E-state index is -0.0845. The van der Waals surface area contributed by atoms with E-state index in [1.54, 1.807) is 0 Å². The molecule has 1 aliphatic rings. The van der Waals surface area contributed by atoms with Gasteiger partial charge in [0.2, 0.25) is 0 Å². The monoisotopic (exact) mass is 319 g/mol. The minimum absolute atomic E-state index is 0.0845. The van der Waals surface area contributed by atoms with Crippen molar-refractivity contribution in [3.05, 3.63) is 71.8 Å². The van der Waals surface area contributed by atoms with E-state index in [0.717, 1.165) is 18.6 Å². The molecular weight excluding hydrogens is 296 g/mol. The van der Waals surface area contributed by atoms with Crippen molar-refractivity contribution in [2.45, 2.75) is 39.0 Å². The Bertz CT molecular complexity index is 851. The minimum Gasteiger partial charge on any atom is -0.488 e. The first-order chi connectivity index (χ1) is 11.8. The molecule has 1 aromatic heterocycles. The lowest BCUT2D eigenvalue weighted by Crippen LogP contribution is -2.19. The van der Waals surface area contributed by atoms with Gasteiger partial charge in [-0.15, -0.1) is 0 Å². The van der Waals surface area contributed by atoms with Crippen molar-refractivity contribution in [1.82, 2.24) is 4.57 Å². The summed E-state index contributed by atoms with van der Waals surface area (Å²) >= 11 is 0. The normalized spacial score (nSPS) is 14.8. The average molecular weight is 319 g/mol. The highest BCUT2D eigenvalue weighted by Gasteiger charge is 2.25.